The first-order chi connectivity index (χ1) is 9.33. The molecule has 2 N–H and O–H groups in total. The number of hydrogen-bond donors (Lipinski definition) is 2. The molecule has 1 amide bonds. The number of hydrogen-bond acceptors (Lipinski definition) is 2. The van der Waals surface area contributed by atoms with Crippen LogP contribution in [0.4, 0.5) is 0 Å². The van der Waals surface area contributed by atoms with E-state index in [1.807, 2.05) is 0 Å². The number of carbonyl (C=O) groups excluding carboxylic acids is 1. The van der Waals surface area contributed by atoms with Crippen LogP contribution in [0, 0.1) is 5.41 Å². The lowest BCUT2D eigenvalue weighted by molar-refractivity contribution is -0.154. The Hall–Kier alpha value is -1.26. The molecule has 1 saturated carbocycles. The van der Waals surface area contributed by atoms with Crippen molar-refractivity contribution in [2.75, 3.05) is 0 Å². The molecule has 1 aliphatic carbocycles. The summed E-state index contributed by atoms with van der Waals surface area (Å²) < 4.78 is 0. The lowest BCUT2D eigenvalue weighted by atomic mass is 9.82. The van der Waals surface area contributed by atoms with Crippen molar-refractivity contribution in [2.45, 2.75) is 32.2 Å². The van der Waals surface area contributed by atoms with Crippen molar-refractivity contribution in [3.8, 4) is 0 Å². The molecular formula is C14H15Cl2NO3. The van der Waals surface area contributed by atoms with Crippen molar-refractivity contribution < 1.29 is 14.7 Å². The molecule has 1 aromatic rings. The first-order valence-corrected chi connectivity index (χ1v) is 7.07. The van der Waals surface area contributed by atoms with Crippen LogP contribution in [0.2, 0.25) is 10.0 Å². The van der Waals surface area contributed by atoms with Gasteiger partial charge in [0.05, 0.1) is 10.0 Å². The van der Waals surface area contributed by atoms with Gasteiger partial charge in [-0.05, 0) is 43.9 Å². The number of amides is 1. The maximum atomic E-state index is 12.2. The Labute approximate surface area is 127 Å². The fourth-order valence-electron chi connectivity index (χ4n) is 1.88. The molecule has 0 saturated heterocycles. The topological polar surface area (TPSA) is 66.4 Å². The minimum atomic E-state index is -1.51. The second kappa shape index (κ2) is 5.62. The Kier molecular flexibility index (Phi) is 4.25. The number of benzene rings is 1. The Balaban J connectivity index is 2.20. The minimum Gasteiger partial charge on any atom is -0.480 e. The van der Waals surface area contributed by atoms with Crippen LogP contribution in [-0.4, -0.2) is 23.0 Å². The van der Waals surface area contributed by atoms with Crippen molar-refractivity contribution in [3.63, 3.8) is 0 Å². The van der Waals surface area contributed by atoms with Gasteiger partial charge in [-0.1, -0.05) is 29.3 Å². The summed E-state index contributed by atoms with van der Waals surface area (Å²) in [7, 11) is 0. The second-order valence-corrected chi connectivity index (χ2v) is 6.12. The fraction of sp³-hybridized carbons (Fsp3) is 0.429. The number of carbonyl (C=O) groups is 2. The number of carboxylic acids is 1. The van der Waals surface area contributed by atoms with Gasteiger partial charge in [0.15, 0.2) is 0 Å². The van der Waals surface area contributed by atoms with Gasteiger partial charge in [-0.25, -0.2) is 0 Å². The zero-order valence-corrected chi connectivity index (χ0v) is 12.5. The summed E-state index contributed by atoms with van der Waals surface area (Å²) in [5.74, 6) is -1.61. The molecular weight excluding hydrogens is 301 g/mol. The van der Waals surface area contributed by atoms with Crippen LogP contribution in [0.1, 0.15) is 25.3 Å². The number of carboxylic acid groups (broad SMARTS) is 1. The van der Waals surface area contributed by atoms with E-state index in [0.29, 0.717) is 15.6 Å². The van der Waals surface area contributed by atoms with E-state index in [9.17, 15) is 14.7 Å². The molecule has 108 valence electrons. The normalized spacial score (nSPS) is 17.4. The maximum Gasteiger partial charge on any atom is 0.319 e. The monoisotopic (exact) mass is 315 g/mol. The van der Waals surface area contributed by atoms with E-state index in [2.05, 4.69) is 5.32 Å². The van der Waals surface area contributed by atoms with Gasteiger partial charge in [-0.2, -0.15) is 0 Å². The Morgan fingerprint density at radius 1 is 1.35 bits per heavy atom. The largest absolute Gasteiger partial charge is 0.480 e. The first-order valence-electron chi connectivity index (χ1n) is 6.31. The van der Waals surface area contributed by atoms with Crippen molar-refractivity contribution in [3.05, 3.63) is 33.8 Å². The highest BCUT2D eigenvalue weighted by Crippen LogP contribution is 2.29. The van der Waals surface area contributed by atoms with E-state index >= 15 is 0 Å². The number of halogens is 2. The molecule has 1 aromatic carbocycles. The van der Waals surface area contributed by atoms with Crippen molar-refractivity contribution in [2.24, 2.45) is 5.41 Å². The second-order valence-electron chi connectivity index (χ2n) is 5.31. The first kappa shape index (κ1) is 15.1. The van der Waals surface area contributed by atoms with E-state index in [1.165, 1.54) is 6.92 Å². The molecule has 0 bridgehead atoms. The molecule has 6 heteroatoms. The lowest BCUT2D eigenvalue weighted by Gasteiger charge is -2.24. The average molecular weight is 316 g/mol. The summed E-state index contributed by atoms with van der Waals surface area (Å²) in [6.45, 7) is 1.43. The zero-order valence-electron chi connectivity index (χ0n) is 11.0. The van der Waals surface area contributed by atoms with E-state index in [0.717, 1.165) is 12.8 Å². The van der Waals surface area contributed by atoms with Gasteiger partial charge in [0.2, 0.25) is 5.91 Å². The summed E-state index contributed by atoms with van der Waals surface area (Å²) in [6.07, 6.45) is 1.89. The van der Waals surface area contributed by atoms with Crippen LogP contribution in [-0.2, 0) is 16.0 Å². The van der Waals surface area contributed by atoms with Gasteiger partial charge < -0.3 is 10.4 Å². The third kappa shape index (κ3) is 3.25. The van der Waals surface area contributed by atoms with Crippen LogP contribution in [0.5, 0.6) is 0 Å². The molecule has 0 aliphatic heterocycles. The van der Waals surface area contributed by atoms with Crippen molar-refractivity contribution in [1.29, 1.82) is 0 Å². The van der Waals surface area contributed by atoms with E-state index < -0.39 is 17.3 Å². The van der Waals surface area contributed by atoms with E-state index in [1.54, 1.807) is 18.2 Å². The van der Waals surface area contributed by atoms with Gasteiger partial charge in [0.25, 0.3) is 0 Å². The molecule has 1 unspecified atom stereocenters. The minimum absolute atomic E-state index is 0.0672. The zero-order chi connectivity index (χ0) is 14.9. The Morgan fingerprint density at radius 3 is 2.50 bits per heavy atom. The highest BCUT2D eigenvalue weighted by atomic mass is 35.5. The van der Waals surface area contributed by atoms with Gasteiger partial charge >= 0.3 is 5.97 Å². The molecule has 0 radical (unpaired) electrons. The summed E-state index contributed by atoms with van der Waals surface area (Å²) in [4.78, 5) is 23.7. The number of rotatable bonds is 5. The molecule has 0 heterocycles. The molecule has 0 aromatic heterocycles. The van der Waals surface area contributed by atoms with Crippen LogP contribution < -0.4 is 5.32 Å². The molecule has 1 atom stereocenters. The standard InChI is InChI=1S/C14H15Cl2NO3/c1-14(13(19)20,12(18)17-9-3-4-9)7-8-2-5-10(15)11(16)6-8/h2,5-6,9H,3-4,7H2,1H3,(H,17,18)(H,19,20). The summed E-state index contributed by atoms with van der Waals surface area (Å²) in [5.41, 5.74) is -0.852. The third-order valence-corrected chi connectivity index (χ3v) is 4.17. The summed E-state index contributed by atoms with van der Waals surface area (Å²) in [5, 5.41) is 12.9. The van der Waals surface area contributed by atoms with Gasteiger partial charge in [-0.15, -0.1) is 0 Å². The third-order valence-electron chi connectivity index (χ3n) is 3.43. The lowest BCUT2D eigenvalue weighted by Crippen LogP contribution is -2.46. The molecule has 2 rings (SSSR count). The predicted octanol–water partition coefficient (Wildman–Crippen LogP) is 2.91. The quantitative estimate of drug-likeness (QED) is 0.821. The van der Waals surface area contributed by atoms with Crippen molar-refractivity contribution in [1.82, 2.24) is 5.32 Å². The van der Waals surface area contributed by atoms with Crippen LogP contribution >= 0.6 is 23.2 Å². The van der Waals surface area contributed by atoms with Gasteiger partial charge in [-0.3, -0.25) is 9.59 Å². The SMILES string of the molecule is CC(Cc1ccc(Cl)c(Cl)c1)(C(=O)O)C(=O)NC1CC1. The van der Waals surface area contributed by atoms with E-state index in [-0.39, 0.29) is 12.5 Å². The molecule has 20 heavy (non-hydrogen) atoms. The predicted molar refractivity (Wildman–Crippen MR) is 77.1 cm³/mol. The van der Waals surface area contributed by atoms with Crippen LogP contribution in [0.15, 0.2) is 18.2 Å². The smallest absolute Gasteiger partial charge is 0.319 e. The fourth-order valence-corrected chi connectivity index (χ4v) is 2.20. The molecule has 1 fully saturated rings. The molecule has 0 spiro atoms. The molecule has 1 aliphatic rings. The van der Waals surface area contributed by atoms with Gasteiger partial charge in [0, 0.05) is 6.04 Å². The van der Waals surface area contributed by atoms with Crippen LogP contribution in [0.25, 0.3) is 0 Å². The highest BCUT2D eigenvalue weighted by Gasteiger charge is 2.43. The maximum absolute atomic E-state index is 12.2. The number of aliphatic carboxylic acids is 1. The summed E-state index contributed by atoms with van der Waals surface area (Å²) >= 11 is 11.7. The Morgan fingerprint density at radius 2 is 2.00 bits per heavy atom. The Bertz CT molecular complexity index is 557. The highest BCUT2D eigenvalue weighted by molar-refractivity contribution is 6.42. The van der Waals surface area contributed by atoms with Crippen molar-refractivity contribution >= 4 is 35.1 Å². The van der Waals surface area contributed by atoms with Gasteiger partial charge in [0.1, 0.15) is 5.41 Å². The van der Waals surface area contributed by atoms with E-state index in [4.69, 9.17) is 23.2 Å². The molecule has 4 nitrogen and oxygen atoms in total. The average Bonchev–Trinajstić information content (AvgIpc) is 3.17. The summed E-state index contributed by atoms with van der Waals surface area (Å²) in [6, 6.07) is 4.99. The van der Waals surface area contributed by atoms with Crippen LogP contribution in [0.3, 0.4) is 0 Å². The number of nitrogens with one attached hydrogen (secondary N) is 1.